The standard InChI is InChI=1S/C5H5ClO4/c6-3(5(9)10)1-2-4(7)8/h1-3H,(H,7,8)(H,9,10)/b2-1+. The van der Waals surface area contributed by atoms with E-state index < -0.39 is 17.3 Å². The molecule has 4 nitrogen and oxygen atoms in total. The van der Waals surface area contributed by atoms with Crippen molar-refractivity contribution in [2.75, 3.05) is 0 Å². The first-order valence-electron chi connectivity index (χ1n) is 2.32. The highest BCUT2D eigenvalue weighted by Crippen LogP contribution is 1.96. The van der Waals surface area contributed by atoms with Gasteiger partial charge in [0.2, 0.25) is 0 Å². The van der Waals surface area contributed by atoms with Crippen molar-refractivity contribution >= 4 is 23.5 Å². The lowest BCUT2D eigenvalue weighted by molar-refractivity contribution is -0.135. The van der Waals surface area contributed by atoms with Gasteiger partial charge in [0.1, 0.15) is 5.38 Å². The number of carboxylic acids is 2. The SMILES string of the molecule is O=C(O)/C=C/C(Cl)C(=O)O. The molecule has 1 atom stereocenters. The second-order valence-corrected chi connectivity index (χ2v) is 1.91. The van der Waals surface area contributed by atoms with Gasteiger partial charge in [-0.25, -0.2) is 4.79 Å². The molecular weight excluding hydrogens is 160 g/mol. The number of rotatable bonds is 3. The summed E-state index contributed by atoms with van der Waals surface area (Å²) in [6.45, 7) is 0. The normalized spacial score (nSPS) is 13.3. The Bertz CT molecular complexity index is 174. The lowest BCUT2D eigenvalue weighted by Crippen LogP contribution is -2.10. The minimum Gasteiger partial charge on any atom is -0.480 e. The number of carboxylic acid groups (broad SMARTS) is 2. The number of halogens is 1. The molecule has 0 radical (unpaired) electrons. The number of carbonyl (C=O) groups is 2. The molecule has 0 aliphatic carbocycles. The highest BCUT2D eigenvalue weighted by molar-refractivity contribution is 6.31. The van der Waals surface area contributed by atoms with E-state index in [1.54, 1.807) is 0 Å². The summed E-state index contributed by atoms with van der Waals surface area (Å²) >= 11 is 5.11. The molecule has 0 aromatic carbocycles. The van der Waals surface area contributed by atoms with E-state index in [9.17, 15) is 9.59 Å². The van der Waals surface area contributed by atoms with Gasteiger partial charge in [-0.1, -0.05) is 0 Å². The lowest BCUT2D eigenvalue weighted by atomic mass is 10.4. The van der Waals surface area contributed by atoms with Gasteiger partial charge >= 0.3 is 11.9 Å². The smallest absolute Gasteiger partial charge is 0.328 e. The van der Waals surface area contributed by atoms with Gasteiger partial charge in [0.05, 0.1) is 0 Å². The van der Waals surface area contributed by atoms with E-state index in [-0.39, 0.29) is 0 Å². The van der Waals surface area contributed by atoms with Crippen LogP contribution in [0.5, 0.6) is 0 Å². The van der Waals surface area contributed by atoms with Gasteiger partial charge in [-0.3, -0.25) is 4.79 Å². The van der Waals surface area contributed by atoms with Gasteiger partial charge in [-0.05, 0) is 6.08 Å². The Labute approximate surface area is 61.7 Å². The third kappa shape index (κ3) is 3.91. The van der Waals surface area contributed by atoms with Crippen molar-refractivity contribution in [1.82, 2.24) is 0 Å². The average Bonchev–Trinajstić information content (AvgIpc) is 1.82. The van der Waals surface area contributed by atoms with E-state index in [1.807, 2.05) is 0 Å². The summed E-state index contributed by atoms with van der Waals surface area (Å²) in [6.07, 6.45) is 1.57. The first kappa shape index (κ1) is 8.97. The Morgan fingerprint density at radius 2 is 1.90 bits per heavy atom. The molecule has 0 spiro atoms. The van der Waals surface area contributed by atoms with E-state index in [2.05, 4.69) is 0 Å². The molecule has 10 heavy (non-hydrogen) atoms. The summed E-state index contributed by atoms with van der Waals surface area (Å²) in [5, 5.41) is 14.9. The first-order chi connectivity index (χ1) is 4.54. The van der Waals surface area contributed by atoms with Crippen LogP contribution in [0.1, 0.15) is 0 Å². The predicted octanol–water partition coefficient (Wildman–Crippen LogP) is 0.319. The Kier molecular flexibility index (Phi) is 3.49. The molecule has 5 heteroatoms. The van der Waals surface area contributed by atoms with Crippen LogP contribution in [-0.2, 0) is 9.59 Å². The molecule has 56 valence electrons. The Balaban J connectivity index is 3.89. The van der Waals surface area contributed by atoms with Gasteiger partial charge in [-0.2, -0.15) is 0 Å². The first-order valence-corrected chi connectivity index (χ1v) is 2.75. The molecule has 0 saturated carbocycles. The molecule has 0 heterocycles. The third-order valence-electron chi connectivity index (χ3n) is 0.644. The molecule has 0 bridgehead atoms. The van der Waals surface area contributed by atoms with Crippen molar-refractivity contribution in [3.05, 3.63) is 12.2 Å². The van der Waals surface area contributed by atoms with Crippen LogP contribution in [0.2, 0.25) is 0 Å². The van der Waals surface area contributed by atoms with Crippen molar-refractivity contribution in [2.45, 2.75) is 5.38 Å². The van der Waals surface area contributed by atoms with Gasteiger partial charge in [-0.15, -0.1) is 11.6 Å². The number of alkyl halides is 1. The highest BCUT2D eigenvalue weighted by atomic mass is 35.5. The molecule has 0 aliphatic heterocycles. The third-order valence-corrected chi connectivity index (χ3v) is 0.976. The minimum absolute atomic E-state index is 0.686. The second-order valence-electron chi connectivity index (χ2n) is 1.44. The van der Waals surface area contributed by atoms with Crippen LogP contribution in [0, 0.1) is 0 Å². The molecule has 0 aromatic rings. The topological polar surface area (TPSA) is 74.6 Å². The molecule has 0 saturated heterocycles. The van der Waals surface area contributed by atoms with Crippen LogP contribution in [0.3, 0.4) is 0 Å². The average molecular weight is 165 g/mol. The van der Waals surface area contributed by atoms with Gasteiger partial charge in [0.15, 0.2) is 0 Å². The van der Waals surface area contributed by atoms with Crippen LogP contribution < -0.4 is 0 Å². The van der Waals surface area contributed by atoms with Crippen molar-refractivity contribution < 1.29 is 19.8 Å². The Hall–Kier alpha value is -1.03. The zero-order chi connectivity index (χ0) is 8.15. The van der Waals surface area contributed by atoms with Crippen LogP contribution in [0.25, 0.3) is 0 Å². The minimum atomic E-state index is -1.27. The molecule has 2 N–H and O–H groups in total. The van der Waals surface area contributed by atoms with Gasteiger partial charge in [0, 0.05) is 6.08 Å². The fraction of sp³-hybridized carbons (Fsp3) is 0.200. The van der Waals surface area contributed by atoms with Gasteiger partial charge < -0.3 is 10.2 Å². The van der Waals surface area contributed by atoms with Crippen LogP contribution >= 0.6 is 11.6 Å². The maximum absolute atomic E-state index is 9.94. The lowest BCUT2D eigenvalue weighted by Gasteiger charge is -1.91. The van der Waals surface area contributed by atoms with E-state index in [0.717, 1.165) is 6.08 Å². The summed E-state index contributed by atoms with van der Waals surface area (Å²) < 4.78 is 0. The summed E-state index contributed by atoms with van der Waals surface area (Å²) in [5.74, 6) is -2.48. The second kappa shape index (κ2) is 3.90. The molecule has 0 rings (SSSR count). The monoisotopic (exact) mass is 164 g/mol. The fourth-order valence-electron chi connectivity index (χ4n) is 0.249. The Morgan fingerprint density at radius 1 is 1.40 bits per heavy atom. The summed E-state index contributed by atoms with van der Waals surface area (Å²) in [4.78, 5) is 19.7. The zero-order valence-corrected chi connectivity index (χ0v) is 5.58. The van der Waals surface area contributed by atoms with Crippen molar-refractivity contribution in [3.8, 4) is 0 Å². The molecule has 0 amide bonds. The molecule has 1 unspecified atom stereocenters. The zero-order valence-electron chi connectivity index (χ0n) is 4.82. The predicted molar refractivity (Wildman–Crippen MR) is 34.1 cm³/mol. The number of hydrogen-bond donors (Lipinski definition) is 2. The maximum Gasteiger partial charge on any atom is 0.328 e. The molecule has 0 fully saturated rings. The molecular formula is C5H5ClO4. The van der Waals surface area contributed by atoms with E-state index in [4.69, 9.17) is 21.8 Å². The molecule has 0 aliphatic rings. The van der Waals surface area contributed by atoms with Gasteiger partial charge in [0.25, 0.3) is 0 Å². The van der Waals surface area contributed by atoms with E-state index >= 15 is 0 Å². The van der Waals surface area contributed by atoms with Crippen molar-refractivity contribution in [3.63, 3.8) is 0 Å². The van der Waals surface area contributed by atoms with Crippen LogP contribution in [0.4, 0.5) is 0 Å². The Morgan fingerprint density at radius 3 is 2.20 bits per heavy atom. The summed E-state index contributed by atoms with van der Waals surface area (Å²) in [5.41, 5.74) is 0. The maximum atomic E-state index is 9.94. The highest BCUT2D eigenvalue weighted by Gasteiger charge is 2.08. The van der Waals surface area contributed by atoms with E-state index in [1.165, 1.54) is 0 Å². The fourth-order valence-corrected chi connectivity index (χ4v) is 0.322. The quantitative estimate of drug-likeness (QED) is 0.465. The number of hydrogen-bond acceptors (Lipinski definition) is 2. The summed E-state index contributed by atoms with van der Waals surface area (Å²) in [6, 6.07) is 0. The largest absolute Gasteiger partial charge is 0.480 e. The van der Waals surface area contributed by atoms with Crippen LogP contribution in [-0.4, -0.2) is 27.5 Å². The van der Waals surface area contributed by atoms with E-state index in [0.29, 0.717) is 6.08 Å². The summed E-state index contributed by atoms with van der Waals surface area (Å²) in [7, 11) is 0. The van der Waals surface area contributed by atoms with Crippen molar-refractivity contribution in [1.29, 1.82) is 0 Å². The molecule has 0 aromatic heterocycles. The van der Waals surface area contributed by atoms with Crippen molar-refractivity contribution in [2.24, 2.45) is 0 Å². The van der Waals surface area contributed by atoms with Crippen LogP contribution in [0.15, 0.2) is 12.2 Å². The number of aliphatic carboxylic acids is 2.